The van der Waals surface area contributed by atoms with Gasteiger partial charge in [-0.15, -0.1) is 0 Å². The fourth-order valence-corrected chi connectivity index (χ4v) is 5.79. The SMILES string of the molecule is COCc1nc(N[C@@H]2C[C@@H]3CC[C@H]2C3)ncc1C(=O)N1CCS(=O)(=O)CC1. The number of aromatic nitrogens is 2. The Bertz CT molecular complexity index is 815. The highest BCUT2D eigenvalue weighted by Crippen LogP contribution is 2.45. The predicted molar refractivity (Wildman–Crippen MR) is 100 cm³/mol. The van der Waals surface area contributed by atoms with E-state index in [1.807, 2.05) is 0 Å². The molecule has 1 aromatic rings. The summed E-state index contributed by atoms with van der Waals surface area (Å²) in [7, 11) is -1.47. The molecule has 1 saturated heterocycles. The Balaban J connectivity index is 1.49. The van der Waals surface area contributed by atoms with Crippen molar-refractivity contribution in [3.8, 4) is 0 Å². The zero-order chi connectivity index (χ0) is 19.0. The number of ether oxygens (including phenoxy) is 1. The first-order valence-electron chi connectivity index (χ1n) is 9.56. The van der Waals surface area contributed by atoms with E-state index < -0.39 is 9.84 Å². The maximum Gasteiger partial charge on any atom is 0.257 e. The Kier molecular flexibility index (Phi) is 5.07. The second kappa shape index (κ2) is 7.35. The number of carbonyl (C=O) groups is 1. The maximum absolute atomic E-state index is 12.8. The molecule has 1 amide bonds. The van der Waals surface area contributed by atoms with Crippen LogP contribution in [0.4, 0.5) is 5.95 Å². The van der Waals surface area contributed by atoms with Crippen LogP contribution in [0.15, 0.2) is 6.20 Å². The van der Waals surface area contributed by atoms with Gasteiger partial charge in [-0.05, 0) is 31.1 Å². The highest BCUT2D eigenvalue weighted by Gasteiger charge is 2.39. The summed E-state index contributed by atoms with van der Waals surface area (Å²) in [5.74, 6) is 1.83. The quantitative estimate of drug-likeness (QED) is 0.798. The maximum atomic E-state index is 12.8. The number of carbonyl (C=O) groups excluding carboxylic acids is 1. The molecule has 27 heavy (non-hydrogen) atoms. The molecule has 0 radical (unpaired) electrons. The lowest BCUT2D eigenvalue weighted by atomic mass is 9.95. The van der Waals surface area contributed by atoms with Crippen molar-refractivity contribution in [2.45, 2.75) is 38.3 Å². The largest absolute Gasteiger partial charge is 0.378 e. The lowest BCUT2D eigenvalue weighted by molar-refractivity contribution is 0.0764. The molecule has 3 fully saturated rings. The standard InChI is InChI=1S/C18H26N4O4S/c1-26-11-16-14(17(23)22-4-6-27(24,25)7-5-22)10-19-18(21-16)20-15-9-12-2-3-13(15)8-12/h10,12-13,15H,2-9,11H2,1H3,(H,19,20,21)/t12-,13+,15-/m1/s1. The molecule has 9 heteroatoms. The van der Waals surface area contributed by atoms with Crippen LogP contribution < -0.4 is 5.32 Å². The van der Waals surface area contributed by atoms with Crippen molar-refractivity contribution in [3.05, 3.63) is 17.5 Å². The average molecular weight is 394 g/mol. The van der Waals surface area contributed by atoms with Gasteiger partial charge in [-0.3, -0.25) is 4.79 Å². The van der Waals surface area contributed by atoms with E-state index in [0.717, 1.165) is 12.3 Å². The van der Waals surface area contributed by atoms with E-state index >= 15 is 0 Å². The molecule has 0 spiro atoms. The Hall–Kier alpha value is -1.74. The highest BCUT2D eigenvalue weighted by atomic mass is 32.2. The minimum atomic E-state index is -3.04. The van der Waals surface area contributed by atoms with Crippen LogP contribution in [0.3, 0.4) is 0 Å². The summed E-state index contributed by atoms with van der Waals surface area (Å²) in [5, 5.41) is 3.45. The third-order valence-electron chi connectivity index (χ3n) is 6.06. The third kappa shape index (κ3) is 3.94. The van der Waals surface area contributed by atoms with Crippen LogP contribution >= 0.6 is 0 Å². The number of anilines is 1. The first kappa shape index (κ1) is 18.6. The van der Waals surface area contributed by atoms with E-state index in [2.05, 4.69) is 15.3 Å². The minimum Gasteiger partial charge on any atom is -0.378 e. The molecule has 2 saturated carbocycles. The summed E-state index contributed by atoms with van der Waals surface area (Å²) in [6, 6.07) is 0.410. The Labute approximate surface area is 159 Å². The van der Waals surface area contributed by atoms with Crippen molar-refractivity contribution >= 4 is 21.7 Å². The van der Waals surface area contributed by atoms with Gasteiger partial charge in [0.1, 0.15) is 0 Å². The van der Waals surface area contributed by atoms with Crippen molar-refractivity contribution < 1.29 is 17.9 Å². The monoisotopic (exact) mass is 394 g/mol. The molecule has 148 valence electrons. The van der Waals surface area contributed by atoms with Crippen LogP contribution in [0.25, 0.3) is 0 Å². The van der Waals surface area contributed by atoms with E-state index in [0.29, 0.717) is 29.2 Å². The number of hydrogen-bond donors (Lipinski definition) is 1. The molecule has 3 aliphatic rings. The second-order valence-electron chi connectivity index (χ2n) is 7.86. The molecule has 8 nitrogen and oxygen atoms in total. The molecule has 2 bridgehead atoms. The Morgan fingerprint density at radius 1 is 1.30 bits per heavy atom. The smallest absolute Gasteiger partial charge is 0.257 e. The van der Waals surface area contributed by atoms with Gasteiger partial charge in [-0.2, -0.15) is 0 Å². The number of fused-ring (bicyclic) bond motifs is 2. The molecular weight excluding hydrogens is 368 g/mol. The van der Waals surface area contributed by atoms with Gasteiger partial charge in [-0.25, -0.2) is 18.4 Å². The molecule has 1 N–H and O–H groups in total. The van der Waals surface area contributed by atoms with E-state index in [1.165, 1.54) is 19.3 Å². The molecule has 1 aliphatic heterocycles. The van der Waals surface area contributed by atoms with E-state index in [4.69, 9.17) is 4.74 Å². The summed E-state index contributed by atoms with van der Waals surface area (Å²) in [6.45, 7) is 0.624. The van der Waals surface area contributed by atoms with Crippen LogP contribution in [0.1, 0.15) is 41.7 Å². The topological polar surface area (TPSA) is 101 Å². The zero-order valence-electron chi connectivity index (χ0n) is 15.6. The van der Waals surface area contributed by atoms with E-state index in [-0.39, 0.29) is 37.1 Å². The number of methoxy groups -OCH3 is 1. The molecule has 0 unspecified atom stereocenters. The first-order valence-corrected chi connectivity index (χ1v) is 11.4. The van der Waals surface area contributed by atoms with Crippen LogP contribution in [0, 0.1) is 11.8 Å². The van der Waals surface area contributed by atoms with Crippen molar-refractivity contribution in [1.82, 2.24) is 14.9 Å². The van der Waals surface area contributed by atoms with E-state index in [9.17, 15) is 13.2 Å². The lowest BCUT2D eigenvalue weighted by Crippen LogP contribution is -2.44. The number of nitrogens with one attached hydrogen (secondary N) is 1. The third-order valence-corrected chi connectivity index (χ3v) is 7.67. The van der Waals surface area contributed by atoms with Gasteiger partial charge >= 0.3 is 0 Å². The van der Waals surface area contributed by atoms with Gasteiger partial charge < -0.3 is 15.0 Å². The first-order chi connectivity index (χ1) is 12.9. The van der Waals surface area contributed by atoms with Gasteiger partial charge in [0, 0.05) is 32.4 Å². The molecule has 2 aliphatic carbocycles. The molecule has 3 atom stereocenters. The summed E-state index contributed by atoms with van der Waals surface area (Å²) in [6.07, 6.45) is 6.59. The van der Waals surface area contributed by atoms with Crippen molar-refractivity contribution in [1.29, 1.82) is 0 Å². The van der Waals surface area contributed by atoms with Gasteiger partial charge in [0.05, 0.1) is 29.4 Å². The molecule has 4 rings (SSSR count). The van der Waals surface area contributed by atoms with Crippen molar-refractivity contribution in [2.24, 2.45) is 11.8 Å². The van der Waals surface area contributed by atoms with Crippen LogP contribution in [-0.4, -0.2) is 66.9 Å². The summed E-state index contributed by atoms with van der Waals surface area (Å²) in [5.41, 5.74) is 0.922. The second-order valence-corrected chi connectivity index (χ2v) is 10.2. The normalized spacial score (nSPS) is 29.1. The van der Waals surface area contributed by atoms with Crippen LogP contribution in [-0.2, 0) is 21.2 Å². The summed E-state index contributed by atoms with van der Waals surface area (Å²) < 4.78 is 28.4. The fraction of sp³-hybridized carbons (Fsp3) is 0.722. The minimum absolute atomic E-state index is 0.00306. The molecule has 2 heterocycles. The number of nitrogens with zero attached hydrogens (tertiary/aromatic N) is 3. The summed E-state index contributed by atoms with van der Waals surface area (Å²) >= 11 is 0. The summed E-state index contributed by atoms with van der Waals surface area (Å²) in [4.78, 5) is 23.3. The molecule has 1 aromatic heterocycles. The Morgan fingerprint density at radius 3 is 2.70 bits per heavy atom. The van der Waals surface area contributed by atoms with Crippen LogP contribution in [0.5, 0.6) is 0 Å². The van der Waals surface area contributed by atoms with Gasteiger partial charge in [-0.1, -0.05) is 6.42 Å². The molecule has 0 aromatic carbocycles. The number of amides is 1. The number of hydrogen-bond acceptors (Lipinski definition) is 7. The predicted octanol–water partition coefficient (Wildman–Crippen LogP) is 1.09. The number of rotatable bonds is 5. The van der Waals surface area contributed by atoms with Crippen LogP contribution in [0.2, 0.25) is 0 Å². The van der Waals surface area contributed by atoms with Gasteiger partial charge in [0.25, 0.3) is 5.91 Å². The van der Waals surface area contributed by atoms with E-state index in [1.54, 1.807) is 18.2 Å². The van der Waals surface area contributed by atoms with Gasteiger partial charge in [0.15, 0.2) is 9.84 Å². The Morgan fingerprint density at radius 2 is 2.07 bits per heavy atom. The lowest BCUT2D eigenvalue weighted by Gasteiger charge is -2.27. The van der Waals surface area contributed by atoms with Crippen molar-refractivity contribution in [3.63, 3.8) is 0 Å². The number of sulfone groups is 1. The fourth-order valence-electron chi connectivity index (χ4n) is 4.59. The molecular formula is C18H26N4O4S. The highest BCUT2D eigenvalue weighted by molar-refractivity contribution is 7.91. The van der Waals surface area contributed by atoms with Gasteiger partial charge in [0.2, 0.25) is 5.95 Å². The zero-order valence-corrected chi connectivity index (χ0v) is 16.4. The van der Waals surface area contributed by atoms with Crippen molar-refractivity contribution in [2.75, 3.05) is 37.0 Å². The average Bonchev–Trinajstić information content (AvgIpc) is 3.25.